The van der Waals surface area contributed by atoms with Crippen molar-refractivity contribution in [2.45, 2.75) is 18.0 Å². The molecule has 3 aromatic carbocycles. The first kappa shape index (κ1) is 23.6. The van der Waals surface area contributed by atoms with E-state index in [2.05, 4.69) is 10.6 Å². The number of hydrogen-bond donors (Lipinski definition) is 3. The highest BCUT2D eigenvalue weighted by molar-refractivity contribution is 7.98. The van der Waals surface area contributed by atoms with E-state index in [1.54, 1.807) is 11.8 Å². The Morgan fingerprint density at radius 1 is 0.844 bits per heavy atom. The van der Waals surface area contributed by atoms with Crippen LogP contribution in [0.2, 0.25) is 0 Å². The van der Waals surface area contributed by atoms with Gasteiger partial charge in [-0.25, -0.2) is 0 Å². The van der Waals surface area contributed by atoms with Gasteiger partial charge in [-0.15, -0.1) is 0 Å². The number of carbonyl (C=O) groups is 2. The maximum absolute atomic E-state index is 13.1. The van der Waals surface area contributed by atoms with E-state index in [4.69, 9.17) is 5.11 Å². The monoisotopic (exact) mass is 448 g/mol. The zero-order chi connectivity index (χ0) is 22.8. The van der Waals surface area contributed by atoms with E-state index < -0.39 is 24.1 Å². The molecule has 0 heterocycles. The second-order valence-electron chi connectivity index (χ2n) is 7.44. The zero-order valence-corrected chi connectivity index (χ0v) is 18.8. The molecule has 0 aliphatic rings. The van der Waals surface area contributed by atoms with Gasteiger partial charge in [0.05, 0.1) is 11.6 Å². The molecule has 0 aliphatic carbocycles. The van der Waals surface area contributed by atoms with Gasteiger partial charge in [0.1, 0.15) is 6.54 Å². The van der Waals surface area contributed by atoms with Gasteiger partial charge in [-0.05, 0) is 35.1 Å². The molecule has 0 bridgehead atoms. The van der Waals surface area contributed by atoms with E-state index in [0.29, 0.717) is 6.42 Å². The van der Waals surface area contributed by atoms with E-state index in [-0.39, 0.29) is 5.91 Å². The molecule has 1 amide bonds. The third-order valence-corrected chi connectivity index (χ3v) is 6.00. The normalized spacial score (nSPS) is 12.2. The number of carboxylic acids is 1. The first-order valence-corrected chi connectivity index (χ1v) is 11.9. The van der Waals surface area contributed by atoms with Gasteiger partial charge in [0.2, 0.25) is 5.91 Å². The first-order chi connectivity index (χ1) is 15.6. The number of carboxylic acid groups (broad SMARTS) is 1. The highest BCUT2D eigenvalue weighted by Crippen LogP contribution is 2.37. The predicted molar refractivity (Wildman–Crippen MR) is 130 cm³/mol. The molecule has 166 valence electrons. The summed E-state index contributed by atoms with van der Waals surface area (Å²) in [5.74, 6) is -0.636. The summed E-state index contributed by atoms with van der Waals surface area (Å²) in [6, 6.07) is 29.5. The average Bonchev–Trinajstić information content (AvgIpc) is 2.84. The van der Waals surface area contributed by atoms with Crippen LogP contribution in [0.15, 0.2) is 91.0 Å². The fourth-order valence-corrected chi connectivity index (χ4v) is 4.34. The molecule has 3 aromatic rings. The highest BCUT2D eigenvalue weighted by Gasteiger charge is 2.39. The Morgan fingerprint density at radius 2 is 1.28 bits per heavy atom. The molecule has 3 N–H and O–H groups in total. The molecule has 0 spiro atoms. The lowest BCUT2D eigenvalue weighted by Crippen LogP contribution is -2.55. The Morgan fingerprint density at radius 3 is 1.66 bits per heavy atom. The minimum absolute atomic E-state index is 0.325. The molecule has 6 heteroatoms. The minimum atomic E-state index is -1.07. The first-order valence-electron chi connectivity index (χ1n) is 10.5. The maximum atomic E-state index is 13.1. The van der Waals surface area contributed by atoms with E-state index in [1.165, 1.54) is 0 Å². The quantitative estimate of drug-likeness (QED) is 0.388. The Kier molecular flexibility index (Phi) is 8.48. The van der Waals surface area contributed by atoms with Crippen molar-refractivity contribution in [3.63, 3.8) is 0 Å². The summed E-state index contributed by atoms with van der Waals surface area (Å²) >= 11 is 1.65. The number of carbonyl (C=O) groups excluding carboxylic acids is 1. The highest BCUT2D eigenvalue weighted by atomic mass is 32.2. The second-order valence-corrected chi connectivity index (χ2v) is 8.42. The number of benzene rings is 3. The third-order valence-electron chi connectivity index (χ3n) is 5.35. The van der Waals surface area contributed by atoms with Crippen molar-refractivity contribution in [2.75, 3.05) is 18.6 Å². The zero-order valence-electron chi connectivity index (χ0n) is 18.0. The van der Waals surface area contributed by atoms with E-state index in [9.17, 15) is 9.59 Å². The second kappa shape index (κ2) is 11.5. The van der Waals surface area contributed by atoms with Gasteiger partial charge in [-0.3, -0.25) is 14.9 Å². The molecule has 0 fully saturated rings. The van der Waals surface area contributed by atoms with Crippen LogP contribution in [-0.2, 0) is 15.1 Å². The Balaban J connectivity index is 2.16. The van der Waals surface area contributed by atoms with Gasteiger partial charge in [0.25, 0.3) is 0 Å². The number of nitrogens with one attached hydrogen (secondary N) is 2. The van der Waals surface area contributed by atoms with Gasteiger partial charge in [0.15, 0.2) is 0 Å². The SMILES string of the molecule is CSCCC(NC(c1ccccc1)(c1ccccc1)c1ccccc1)C(=O)NCC(=O)O. The van der Waals surface area contributed by atoms with Crippen LogP contribution < -0.4 is 10.6 Å². The van der Waals surface area contributed by atoms with Crippen LogP contribution in [0.5, 0.6) is 0 Å². The molecule has 0 aromatic heterocycles. The molecular weight excluding hydrogens is 420 g/mol. The molecule has 5 nitrogen and oxygen atoms in total. The Labute approximate surface area is 193 Å². The van der Waals surface area contributed by atoms with Crippen molar-refractivity contribution in [3.8, 4) is 0 Å². The fourth-order valence-electron chi connectivity index (χ4n) is 3.87. The largest absolute Gasteiger partial charge is 0.480 e. The molecule has 0 saturated heterocycles. The van der Waals surface area contributed by atoms with Crippen molar-refractivity contribution < 1.29 is 14.7 Å². The Hall–Kier alpha value is -3.09. The summed E-state index contributed by atoms with van der Waals surface area (Å²) in [6.07, 6.45) is 2.55. The van der Waals surface area contributed by atoms with Crippen LogP contribution in [-0.4, -0.2) is 41.6 Å². The third kappa shape index (κ3) is 5.58. The van der Waals surface area contributed by atoms with Crippen LogP contribution in [0.3, 0.4) is 0 Å². The fraction of sp³-hybridized carbons (Fsp3) is 0.231. The lowest BCUT2D eigenvalue weighted by atomic mass is 9.76. The molecule has 0 radical (unpaired) electrons. The van der Waals surface area contributed by atoms with E-state index >= 15 is 0 Å². The predicted octanol–water partition coefficient (Wildman–Crippen LogP) is 3.89. The number of hydrogen-bond acceptors (Lipinski definition) is 4. The number of aliphatic carboxylic acids is 1. The van der Waals surface area contributed by atoms with Gasteiger partial charge < -0.3 is 10.4 Å². The summed E-state index contributed by atoms with van der Waals surface area (Å²) in [5.41, 5.74) is 2.20. The summed E-state index contributed by atoms with van der Waals surface area (Å²) < 4.78 is 0. The van der Waals surface area contributed by atoms with Gasteiger partial charge >= 0.3 is 5.97 Å². The van der Waals surface area contributed by atoms with Gasteiger partial charge in [-0.1, -0.05) is 91.0 Å². The summed E-state index contributed by atoms with van der Waals surface area (Å²) in [7, 11) is 0. The van der Waals surface area contributed by atoms with Crippen molar-refractivity contribution >= 4 is 23.6 Å². The van der Waals surface area contributed by atoms with Crippen molar-refractivity contribution in [1.82, 2.24) is 10.6 Å². The summed E-state index contributed by atoms with van der Waals surface area (Å²) in [6.45, 7) is -0.411. The summed E-state index contributed by atoms with van der Waals surface area (Å²) in [5, 5.41) is 15.3. The molecular formula is C26H28N2O3S. The molecule has 3 rings (SSSR count). The van der Waals surface area contributed by atoms with Crippen LogP contribution in [0.4, 0.5) is 0 Å². The molecule has 32 heavy (non-hydrogen) atoms. The van der Waals surface area contributed by atoms with E-state index in [1.807, 2.05) is 97.3 Å². The van der Waals surface area contributed by atoms with Crippen LogP contribution in [0, 0.1) is 0 Å². The molecule has 0 saturated carbocycles. The number of rotatable bonds is 11. The summed E-state index contributed by atoms with van der Waals surface area (Å²) in [4.78, 5) is 24.1. The smallest absolute Gasteiger partial charge is 0.322 e. The van der Waals surface area contributed by atoms with Crippen molar-refractivity contribution in [1.29, 1.82) is 0 Å². The minimum Gasteiger partial charge on any atom is -0.480 e. The van der Waals surface area contributed by atoms with Crippen molar-refractivity contribution in [2.24, 2.45) is 0 Å². The lowest BCUT2D eigenvalue weighted by Gasteiger charge is -2.40. The Bertz CT molecular complexity index is 901. The van der Waals surface area contributed by atoms with Gasteiger partial charge in [-0.2, -0.15) is 11.8 Å². The number of thioether (sulfide) groups is 1. The lowest BCUT2D eigenvalue weighted by molar-refractivity contribution is -0.138. The van der Waals surface area contributed by atoms with Crippen molar-refractivity contribution in [3.05, 3.63) is 108 Å². The molecule has 1 unspecified atom stereocenters. The van der Waals surface area contributed by atoms with Gasteiger partial charge in [0, 0.05) is 0 Å². The van der Waals surface area contributed by atoms with E-state index in [0.717, 1.165) is 22.4 Å². The number of amides is 1. The standard InChI is InChI=1S/C26H28N2O3S/c1-32-18-17-23(25(31)27-19-24(29)30)28-26(20-11-5-2-6-12-20,21-13-7-3-8-14-21)22-15-9-4-10-16-22/h2-16,23,28H,17-19H2,1H3,(H,27,31)(H,29,30). The maximum Gasteiger partial charge on any atom is 0.322 e. The molecule has 0 aliphatic heterocycles. The topological polar surface area (TPSA) is 78.4 Å². The van der Waals surface area contributed by atoms with Crippen LogP contribution in [0.1, 0.15) is 23.1 Å². The van der Waals surface area contributed by atoms with Crippen LogP contribution in [0.25, 0.3) is 0 Å². The van der Waals surface area contributed by atoms with Crippen LogP contribution >= 0.6 is 11.8 Å². The average molecular weight is 449 g/mol. The molecule has 1 atom stereocenters.